The van der Waals surface area contributed by atoms with E-state index in [2.05, 4.69) is 16.0 Å². The second-order valence-electron chi connectivity index (χ2n) is 10.8. The molecule has 0 aromatic heterocycles. The SMILES string of the molecule is O=C(NCC1CCCN1C(=O)Nc1ccc(Cl)cc1Cl)NC12CC3C[C@H]4C[C@H](C1)C2(C3)C4. The van der Waals surface area contributed by atoms with Gasteiger partial charge >= 0.3 is 12.1 Å². The summed E-state index contributed by atoms with van der Waals surface area (Å²) >= 11 is 12.1. The summed E-state index contributed by atoms with van der Waals surface area (Å²) in [6.07, 6.45) is 9.51. The maximum Gasteiger partial charge on any atom is 0.322 e. The van der Waals surface area contributed by atoms with Crippen LogP contribution < -0.4 is 16.0 Å². The van der Waals surface area contributed by atoms with Crippen molar-refractivity contribution in [2.75, 3.05) is 18.4 Å². The number of urea groups is 2. The third-order valence-corrected chi connectivity index (χ3v) is 9.77. The van der Waals surface area contributed by atoms with E-state index in [0.717, 1.165) is 43.4 Å². The fraction of sp³-hybridized carbons (Fsp3) is 0.667. The van der Waals surface area contributed by atoms with E-state index in [4.69, 9.17) is 23.2 Å². The van der Waals surface area contributed by atoms with Crippen molar-refractivity contribution in [1.29, 1.82) is 0 Å². The minimum atomic E-state index is -0.195. The van der Waals surface area contributed by atoms with Crippen molar-refractivity contribution in [2.24, 2.45) is 23.2 Å². The number of rotatable bonds is 4. The molecule has 4 aliphatic carbocycles. The summed E-state index contributed by atoms with van der Waals surface area (Å²) < 4.78 is 0. The van der Waals surface area contributed by atoms with Crippen LogP contribution in [0.25, 0.3) is 0 Å². The van der Waals surface area contributed by atoms with Crippen LogP contribution in [-0.4, -0.2) is 41.6 Å². The zero-order chi connectivity index (χ0) is 22.1. The third kappa shape index (κ3) is 3.12. The fourth-order valence-corrected chi connectivity index (χ4v) is 8.63. The Balaban J connectivity index is 1.05. The first-order valence-electron chi connectivity index (χ1n) is 12.0. The minimum Gasteiger partial charge on any atom is -0.336 e. The molecule has 32 heavy (non-hydrogen) atoms. The van der Waals surface area contributed by atoms with Crippen LogP contribution in [0.3, 0.4) is 0 Å². The van der Waals surface area contributed by atoms with Gasteiger partial charge in [0.05, 0.1) is 16.8 Å². The van der Waals surface area contributed by atoms with E-state index in [-0.39, 0.29) is 23.6 Å². The monoisotopic (exact) mass is 476 g/mol. The number of carbonyl (C=O) groups is 2. The Labute approximate surface area is 198 Å². The molecule has 3 N–H and O–H groups in total. The zero-order valence-electron chi connectivity index (χ0n) is 18.1. The van der Waals surface area contributed by atoms with Gasteiger partial charge in [0.15, 0.2) is 0 Å². The minimum absolute atomic E-state index is 0.0182. The first-order chi connectivity index (χ1) is 15.4. The molecule has 6 nitrogen and oxygen atoms in total. The molecule has 6 rings (SSSR count). The number of benzene rings is 1. The molecule has 8 heteroatoms. The summed E-state index contributed by atoms with van der Waals surface area (Å²) in [7, 11) is 0. The highest BCUT2D eigenvalue weighted by molar-refractivity contribution is 6.36. The number of carbonyl (C=O) groups excluding carboxylic acids is 2. The number of hydrogen-bond acceptors (Lipinski definition) is 2. The maximum atomic E-state index is 12.9. The Hall–Kier alpha value is -1.66. The van der Waals surface area contributed by atoms with Crippen molar-refractivity contribution in [2.45, 2.75) is 62.9 Å². The average Bonchev–Trinajstić information content (AvgIpc) is 3.34. The molecule has 0 radical (unpaired) electrons. The normalized spacial score (nSPS) is 38.4. The summed E-state index contributed by atoms with van der Waals surface area (Å²) in [5.74, 6) is 2.52. The van der Waals surface area contributed by atoms with Crippen LogP contribution in [0.4, 0.5) is 15.3 Å². The number of anilines is 1. The second kappa shape index (κ2) is 7.42. The van der Waals surface area contributed by atoms with E-state index in [1.807, 2.05) is 0 Å². The van der Waals surface area contributed by atoms with E-state index < -0.39 is 0 Å². The van der Waals surface area contributed by atoms with Gasteiger partial charge in [0.2, 0.25) is 0 Å². The molecule has 1 aromatic carbocycles. The van der Waals surface area contributed by atoms with Crippen molar-refractivity contribution in [3.8, 4) is 0 Å². The number of hydrogen-bond donors (Lipinski definition) is 3. The van der Waals surface area contributed by atoms with E-state index >= 15 is 0 Å². The lowest BCUT2D eigenvalue weighted by Crippen LogP contribution is -2.68. The number of likely N-dealkylation sites (tertiary alicyclic amines) is 1. The summed E-state index contributed by atoms with van der Waals surface area (Å²) in [5, 5.41) is 10.3. The van der Waals surface area contributed by atoms with Crippen molar-refractivity contribution >= 4 is 41.0 Å². The van der Waals surface area contributed by atoms with Gasteiger partial charge < -0.3 is 20.9 Å². The lowest BCUT2D eigenvalue weighted by atomic mass is 9.51. The van der Waals surface area contributed by atoms with Gasteiger partial charge in [-0.2, -0.15) is 0 Å². The zero-order valence-corrected chi connectivity index (χ0v) is 19.6. The van der Waals surface area contributed by atoms with Crippen molar-refractivity contribution in [1.82, 2.24) is 15.5 Å². The first kappa shape index (κ1) is 20.9. The van der Waals surface area contributed by atoms with Crippen molar-refractivity contribution < 1.29 is 9.59 Å². The lowest BCUT2D eigenvalue weighted by Gasteiger charge is -2.59. The highest BCUT2D eigenvalue weighted by atomic mass is 35.5. The molecular weight excluding hydrogens is 447 g/mol. The molecule has 1 saturated heterocycles. The molecule has 1 spiro atoms. The van der Waals surface area contributed by atoms with Crippen molar-refractivity contribution in [3.63, 3.8) is 0 Å². The van der Waals surface area contributed by atoms with Gasteiger partial charge in [0.1, 0.15) is 0 Å². The van der Waals surface area contributed by atoms with Crippen LogP contribution in [0.15, 0.2) is 18.2 Å². The number of halogens is 2. The molecule has 6 atom stereocenters. The van der Waals surface area contributed by atoms with Crippen LogP contribution in [0.2, 0.25) is 10.0 Å². The Morgan fingerprint density at radius 2 is 1.94 bits per heavy atom. The summed E-state index contributed by atoms with van der Waals surface area (Å²) in [6.45, 7) is 1.13. The van der Waals surface area contributed by atoms with Crippen LogP contribution in [0.1, 0.15) is 51.4 Å². The highest BCUT2D eigenvalue weighted by Gasteiger charge is 2.74. The van der Waals surface area contributed by atoms with Crippen LogP contribution in [0.5, 0.6) is 0 Å². The quantitative estimate of drug-likeness (QED) is 0.554. The Bertz CT molecular complexity index is 967. The molecule has 3 bridgehead atoms. The van der Waals surface area contributed by atoms with E-state index in [1.54, 1.807) is 23.1 Å². The Morgan fingerprint density at radius 3 is 2.78 bits per heavy atom. The summed E-state index contributed by atoms with van der Waals surface area (Å²) in [5.41, 5.74) is 0.947. The Morgan fingerprint density at radius 1 is 1.09 bits per heavy atom. The van der Waals surface area contributed by atoms with Crippen LogP contribution >= 0.6 is 23.2 Å². The molecule has 1 aliphatic heterocycles. The van der Waals surface area contributed by atoms with E-state index in [1.165, 1.54) is 25.7 Å². The topological polar surface area (TPSA) is 73.5 Å². The van der Waals surface area contributed by atoms with Crippen LogP contribution in [-0.2, 0) is 0 Å². The summed E-state index contributed by atoms with van der Waals surface area (Å²) in [6, 6.07) is 4.73. The van der Waals surface area contributed by atoms with Gasteiger partial charge in [0.25, 0.3) is 0 Å². The van der Waals surface area contributed by atoms with E-state index in [0.29, 0.717) is 34.2 Å². The molecule has 1 heterocycles. The smallest absolute Gasteiger partial charge is 0.322 e. The molecule has 1 aromatic rings. The Kier molecular flexibility index (Phi) is 4.85. The van der Waals surface area contributed by atoms with Gasteiger partial charge in [-0.25, -0.2) is 9.59 Å². The molecule has 4 unspecified atom stereocenters. The van der Waals surface area contributed by atoms with Gasteiger partial charge in [-0.1, -0.05) is 23.2 Å². The standard InChI is InChI=1S/C24H30Cl2N4O2/c25-17-3-4-20(19(26)8-17)28-22(32)30-5-1-2-18(30)13-27-21(31)29-24-11-15-6-14-7-16(12-24)23(24,9-14)10-15/h3-4,8,14-16,18H,1-2,5-7,9-13H2,(H,28,32)(H2,27,29,31)/t14-,15?,16+,18?,23?,24?/m0/s1. The lowest BCUT2D eigenvalue weighted by molar-refractivity contribution is -0.0457. The van der Waals surface area contributed by atoms with Gasteiger partial charge in [-0.05, 0) is 92.7 Å². The van der Waals surface area contributed by atoms with Gasteiger partial charge in [0, 0.05) is 23.7 Å². The largest absolute Gasteiger partial charge is 0.336 e. The molecule has 4 amide bonds. The number of fused-ring (bicyclic) bond motifs is 2. The highest BCUT2D eigenvalue weighted by Crippen LogP contribution is 2.77. The molecule has 5 fully saturated rings. The maximum absolute atomic E-state index is 12.9. The number of nitrogens with zero attached hydrogens (tertiary/aromatic N) is 1. The number of nitrogens with one attached hydrogen (secondary N) is 3. The summed E-state index contributed by atoms with van der Waals surface area (Å²) in [4.78, 5) is 27.6. The van der Waals surface area contributed by atoms with Gasteiger partial charge in [-0.15, -0.1) is 0 Å². The van der Waals surface area contributed by atoms with E-state index in [9.17, 15) is 9.59 Å². The molecular formula is C24H30Cl2N4O2. The van der Waals surface area contributed by atoms with Crippen LogP contribution in [0, 0.1) is 23.2 Å². The van der Waals surface area contributed by atoms with Gasteiger partial charge in [-0.3, -0.25) is 0 Å². The first-order valence-corrected chi connectivity index (χ1v) is 12.7. The predicted octanol–water partition coefficient (Wildman–Crippen LogP) is 5.26. The van der Waals surface area contributed by atoms with Crippen molar-refractivity contribution in [3.05, 3.63) is 28.2 Å². The molecule has 4 saturated carbocycles. The fourth-order valence-electron chi connectivity index (χ4n) is 8.17. The second-order valence-corrected chi connectivity index (χ2v) is 11.7. The predicted molar refractivity (Wildman–Crippen MR) is 125 cm³/mol. The molecule has 5 aliphatic rings. The molecule has 172 valence electrons. The number of amides is 4. The average molecular weight is 477 g/mol. The third-order valence-electron chi connectivity index (χ3n) is 9.22.